The molecular formula is C18H24F3N3O2. The summed E-state index contributed by atoms with van der Waals surface area (Å²) in [5, 5.41) is 2.84. The topological polar surface area (TPSA) is 62.3 Å². The summed E-state index contributed by atoms with van der Waals surface area (Å²) >= 11 is 0. The molecule has 1 heterocycles. The summed E-state index contributed by atoms with van der Waals surface area (Å²) in [6, 6.07) is 0.693. The molecule has 0 saturated heterocycles. The molecule has 1 aliphatic rings. The van der Waals surface area contributed by atoms with E-state index in [2.05, 4.69) is 10.3 Å². The smallest absolute Gasteiger partial charge is 0.351 e. The van der Waals surface area contributed by atoms with Crippen LogP contribution in [-0.4, -0.2) is 40.0 Å². The minimum Gasteiger partial charge on any atom is -0.351 e. The van der Waals surface area contributed by atoms with E-state index in [0.29, 0.717) is 10.5 Å². The van der Waals surface area contributed by atoms with Crippen molar-refractivity contribution in [1.82, 2.24) is 15.2 Å². The van der Waals surface area contributed by atoms with Gasteiger partial charge in [-0.2, -0.15) is 13.2 Å². The lowest BCUT2D eigenvalue weighted by Gasteiger charge is -2.36. The van der Waals surface area contributed by atoms with Gasteiger partial charge in [-0.25, -0.2) is 0 Å². The summed E-state index contributed by atoms with van der Waals surface area (Å²) in [4.78, 5) is 29.4. The van der Waals surface area contributed by atoms with Crippen molar-refractivity contribution in [3.05, 3.63) is 30.1 Å². The molecule has 1 fully saturated rings. The van der Waals surface area contributed by atoms with Gasteiger partial charge in [0, 0.05) is 24.5 Å². The van der Waals surface area contributed by atoms with Crippen LogP contribution >= 0.6 is 0 Å². The van der Waals surface area contributed by atoms with Gasteiger partial charge in [-0.3, -0.25) is 14.6 Å². The molecule has 0 aromatic carbocycles. The van der Waals surface area contributed by atoms with E-state index < -0.39 is 30.1 Å². The van der Waals surface area contributed by atoms with Gasteiger partial charge >= 0.3 is 12.1 Å². The third-order valence-electron chi connectivity index (χ3n) is 4.53. The lowest BCUT2D eigenvalue weighted by atomic mass is 9.94. The second-order valence-corrected chi connectivity index (χ2v) is 6.83. The van der Waals surface area contributed by atoms with Crippen molar-refractivity contribution in [1.29, 1.82) is 0 Å². The maximum Gasteiger partial charge on any atom is 0.471 e. The van der Waals surface area contributed by atoms with Crippen LogP contribution in [-0.2, 0) is 9.59 Å². The lowest BCUT2D eigenvalue weighted by Crippen LogP contribution is -2.52. The molecule has 144 valence electrons. The van der Waals surface area contributed by atoms with Gasteiger partial charge in [0.05, 0.1) is 0 Å². The number of rotatable bonds is 5. The van der Waals surface area contributed by atoms with Gasteiger partial charge in [0.15, 0.2) is 0 Å². The Balaban J connectivity index is 2.35. The van der Waals surface area contributed by atoms with Crippen LogP contribution in [0.4, 0.5) is 13.2 Å². The Morgan fingerprint density at radius 1 is 1.15 bits per heavy atom. The van der Waals surface area contributed by atoms with Gasteiger partial charge in [-0.1, -0.05) is 19.3 Å². The van der Waals surface area contributed by atoms with Gasteiger partial charge < -0.3 is 10.2 Å². The minimum absolute atomic E-state index is 0.0735. The standard InChI is InChI=1S/C18H24F3N3O2/c1-12(2)24(17(26)18(19,20)21)15(13-8-10-22-11-9-13)16(25)23-14-6-4-3-5-7-14/h8-12,14-15H,3-7H2,1-2H3,(H,23,25). The summed E-state index contributed by atoms with van der Waals surface area (Å²) in [6.07, 6.45) is 2.36. The third kappa shape index (κ3) is 4.95. The van der Waals surface area contributed by atoms with E-state index in [1.165, 1.54) is 38.4 Å². The summed E-state index contributed by atoms with van der Waals surface area (Å²) in [5.74, 6) is -2.61. The summed E-state index contributed by atoms with van der Waals surface area (Å²) in [7, 11) is 0. The van der Waals surface area contributed by atoms with Crippen LogP contribution < -0.4 is 5.32 Å². The summed E-state index contributed by atoms with van der Waals surface area (Å²) in [6.45, 7) is 2.93. The zero-order chi connectivity index (χ0) is 19.3. The van der Waals surface area contributed by atoms with Crippen molar-refractivity contribution in [2.24, 2.45) is 0 Å². The molecule has 1 aliphatic carbocycles. The summed E-state index contributed by atoms with van der Waals surface area (Å²) in [5.41, 5.74) is 0.305. The fraction of sp³-hybridized carbons (Fsp3) is 0.611. The molecule has 1 aromatic heterocycles. The number of amides is 2. The fourth-order valence-corrected chi connectivity index (χ4v) is 3.31. The van der Waals surface area contributed by atoms with Gasteiger partial charge in [-0.15, -0.1) is 0 Å². The summed E-state index contributed by atoms with van der Waals surface area (Å²) < 4.78 is 39.4. The molecule has 0 aliphatic heterocycles. The molecule has 0 radical (unpaired) electrons. The van der Waals surface area contributed by atoms with Crippen LogP contribution in [0.15, 0.2) is 24.5 Å². The molecular weight excluding hydrogens is 347 g/mol. The first-order valence-electron chi connectivity index (χ1n) is 8.81. The molecule has 2 rings (SSSR count). The number of carbonyl (C=O) groups is 2. The van der Waals surface area contributed by atoms with E-state index in [1.807, 2.05) is 0 Å². The molecule has 1 unspecified atom stereocenters. The van der Waals surface area contributed by atoms with E-state index in [1.54, 1.807) is 0 Å². The van der Waals surface area contributed by atoms with E-state index in [4.69, 9.17) is 0 Å². The highest BCUT2D eigenvalue weighted by Gasteiger charge is 2.47. The number of alkyl halides is 3. The van der Waals surface area contributed by atoms with Crippen molar-refractivity contribution in [2.45, 2.75) is 70.3 Å². The lowest BCUT2D eigenvalue weighted by molar-refractivity contribution is -0.190. The monoisotopic (exact) mass is 371 g/mol. The number of hydrogen-bond donors (Lipinski definition) is 1. The maximum atomic E-state index is 13.1. The second kappa shape index (κ2) is 8.51. The Kier molecular flexibility index (Phi) is 6.61. The van der Waals surface area contributed by atoms with E-state index in [0.717, 1.165) is 32.1 Å². The average molecular weight is 371 g/mol. The molecule has 5 nitrogen and oxygen atoms in total. The van der Waals surface area contributed by atoms with Crippen molar-refractivity contribution in [3.63, 3.8) is 0 Å². The molecule has 26 heavy (non-hydrogen) atoms. The minimum atomic E-state index is -5.05. The molecule has 1 aromatic rings. The second-order valence-electron chi connectivity index (χ2n) is 6.83. The van der Waals surface area contributed by atoms with Crippen molar-refractivity contribution in [3.8, 4) is 0 Å². The number of hydrogen-bond acceptors (Lipinski definition) is 3. The molecule has 0 bridgehead atoms. The van der Waals surface area contributed by atoms with Gasteiger partial charge in [0.25, 0.3) is 0 Å². The highest BCUT2D eigenvalue weighted by Crippen LogP contribution is 2.30. The first kappa shape index (κ1) is 20.2. The molecule has 2 amide bonds. The number of nitrogens with one attached hydrogen (secondary N) is 1. The zero-order valence-corrected chi connectivity index (χ0v) is 14.9. The molecule has 0 spiro atoms. The number of carbonyl (C=O) groups excluding carboxylic acids is 2. The highest BCUT2D eigenvalue weighted by atomic mass is 19.4. The number of halogens is 3. The molecule has 1 N–H and O–H groups in total. The van der Waals surface area contributed by atoms with Crippen LogP contribution in [0.1, 0.15) is 57.6 Å². The quantitative estimate of drug-likeness (QED) is 0.863. The Morgan fingerprint density at radius 3 is 2.23 bits per heavy atom. The van der Waals surface area contributed by atoms with Crippen molar-refractivity contribution >= 4 is 11.8 Å². The fourth-order valence-electron chi connectivity index (χ4n) is 3.31. The van der Waals surface area contributed by atoms with Gasteiger partial charge in [-0.05, 0) is 44.4 Å². The number of pyridine rings is 1. The zero-order valence-electron chi connectivity index (χ0n) is 14.9. The Morgan fingerprint density at radius 2 is 1.73 bits per heavy atom. The first-order valence-corrected chi connectivity index (χ1v) is 8.81. The number of nitrogens with zero attached hydrogens (tertiary/aromatic N) is 2. The Labute approximate surface area is 151 Å². The van der Waals surface area contributed by atoms with Gasteiger partial charge in [0.2, 0.25) is 5.91 Å². The van der Waals surface area contributed by atoms with Gasteiger partial charge in [0.1, 0.15) is 6.04 Å². The molecule has 1 atom stereocenters. The van der Waals surface area contributed by atoms with Crippen LogP contribution in [0.2, 0.25) is 0 Å². The maximum absolute atomic E-state index is 13.1. The van der Waals surface area contributed by atoms with E-state index in [9.17, 15) is 22.8 Å². The van der Waals surface area contributed by atoms with Crippen LogP contribution in [0, 0.1) is 0 Å². The SMILES string of the molecule is CC(C)N(C(=O)C(F)(F)F)C(C(=O)NC1CCCCC1)c1ccncc1. The third-order valence-corrected chi connectivity index (χ3v) is 4.53. The highest BCUT2D eigenvalue weighted by molar-refractivity contribution is 5.91. The predicted molar refractivity (Wildman–Crippen MR) is 90.0 cm³/mol. The average Bonchev–Trinajstić information content (AvgIpc) is 2.59. The predicted octanol–water partition coefficient (Wildman–Crippen LogP) is 3.37. The molecule has 1 saturated carbocycles. The van der Waals surface area contributed by atoms with Crippen molar-refractivity contribution in [2.75, 3.05) is 0 Å². The number of aromatic nitrogens is 1. The molecule has 8 heteroatoms. The normalized spacial score (nSPS) is 17.0. The van der Waals surface area contributed by atoms with E-state index in [-0.39, 0.29) is 6.04 Å². The van der Waals surface area contributed by atoms with Crippen LogP contribution in [0.3, 0.4) is 0 Å². The Hall–Kier alpha value is -2.12. The Bertz CT molecular complexity index is 614. The first-order chi connectivity index (χ1) is 12.2. The van der Waals surface area contributed by atoms with Crippen LogP contribution in [0.5, 0.6) is 0 Å². The van der Waals surface area contributed by atoms with Crippen LogP contribution in [0.25, 0.3) is 0 Å². The van der Waals surface area contributed by atoms with Crippen molar-refractivity contribution < 1.29 is 22.8 Å². The largest absolute Gasteiger partial charge is 0.471 e. The van der Waals surface area contributed by atoms with E-state index >= 15 is 0 Å².